The van der Waals surface area contributed by atoms with Crippen LogP contribution in [0.15, 0.2) is 11.6 Å². The second-order valence-electron chi connectivity index (χ2n) is 18.7. The van der Waals surface area contributed by atoms with Gasteiger partial charge >= 0.3 is 5.97 Å². The number of rotatable bonds is 8. The first-order valence-electron chi connectivity index (χ1n) is 18.5. The molecule has 2 bridgehead atoms. The molecular formula is C38H63N5O4. The Morgan fingerprint density at radius 3 is 2.43 bits per heavy atom. The Hall–Kier alpha value is -1.84. The molecule has 0 spiro atoms. The van der Waals surface area contributed by atoms with Gasteiger partial charge in [-0.3, -0.25) is 4.79 Å². The van der Waals surface area contributed by atoms with Gasteiger partial charge in [0.25, 0.3) is 0 Å². The Bertz CT molecular complexity index is 1410. The van der Waals surface area contributed by atoms with Crippen LogP contribution >= 0.6 is 0 Å². The third kappa shape index (κ3) is 4.85. The number of aromatic nitrogens is 4. The summed E-state index contributed by atoms with van der Waals surface area (Å²) in [6.45, 7) is 26.2. The van der Waals surface area contributed by atoms with Crippen LogP contribution in [-0.2, 0) is 14.3 Å². The molecule has 9 heteroatoms. The third-order valence-electron chi connectivity index (χ3n) is 15.8. The molecular weight excluding hydrogens is 590 g/mol. The van der Waals surface area contributed by atoms with Crippen molar-refractivity contribution in [3.8, 4) is 0 Å². The quantitative estimate of drug-likeness (QED) is 0.291. The first-order valence-corrected chi connectivity index (χ1v) is 18.5. The molecule has 1 aromatic rings. The van der Waals surface area contributed by atoms with Crippen LogP contribution in [0.3, 0.4) is 0 Å². The predicted octanol–water partition coefficient (Wildman–Crippen LogP) is 6.87. The SMILES string of the molecule is Cc1nnn([C@@H]2C[C@@]34COCC(C)([C@H]2OC[C@](C)(N)C(C)C)[C@@H]3CC[C@H]2C4=CC[C@@]3(C)C(C(=O)O)[C@@](C)([C@H](C)C(C)C)CC[C@]23C)n1. The molecule has 3 N–H and O–H groups in total. The third-order valence-corrected chi connectivity index (χ3v) is 15.8. The average Bonchev–Trinajstić information content (AvgIpc) is 3.42. The number of allylic oxidation sites excluding steroid dienone is 1. The van der Waals surface area contributed by atoms with Gasteiger partial charge in [-0.05, 0) is 103 Å². The van der Waals surface area contributed by atoms with Crippen LogP contribution < -0.4 is 5.73 Å². The van der Waals surface area contributed by atoms with Gasteiger partial charge in [0.05, 0.1) is 31.8 Å². The van der Waals surface area contributed by atoms with Crippen LogP contribution in [0.5, 0.6) is 0 Å². The molecule has 6 rings (SSSR count). The molecule has 0 aromatic carbocycles. The van der Waals surface area contributed by atoms with Crippen molar-refractivity contribution < 1.29 is 19.4 Å². The van der Waals surface area contributed by atoms with Gasteiger partial charge in [-0.15, -0.1) is 10.2 Å². The van der Waals surface area contributed by atoms with Crippen molar-refractivity contribution in [2.45, 2.75) is 132 Å². The number of ether oxygens (including phenoxy) is 2. The standard InChI is InChI=1S/C38H63N5O4/c1-22(2)24(5)33(7)16-17-35(9)26-12-13-29-34(8)19-46-21-38(29,27(26)14-15-36(35,10)30(33)32(44)45)18-28(43-41-25(6)40-42-43)31(34)47-20-37(11,39)23(3)4/h14,22-24,26,28-31H,12-13,15-21,39H2,1-11H3,(H,44,45)/t24-,26+,28-,29+,30?,31+,33-,34?,35-,36+,37+,38+/m1/s1. The van der Waals surface area contributed by atoms with Crippen molar-refractivity contribution in [2.75, 3.05) is 19.8 Å². The zero-order chi connectivity index (χ0) is 34.5. The number of tetrazole rings is 1. The Morgan fingerprint density at radius 1 is 1.13 bits per heavy atom. The van der Waals surface area contributed by atoms with Crippen LogP contribution in [0, 0.1) is 69.5 Å². The number of carboxylic acid groups (broad SMARTS) is 1. The van der Waals surface area contributed by atoms with Crippen molar-refractivity contribution in [1.82, 2.24) is 20.2 Å². The number of aryl methyl sites for hydroxylation is 1. The Labute approximate surface area is 283 Å². The fourth-order valence-electron chi connectivity index (χ4n) is 12.0. The lowest BCUT2D eigenvalue weighted by Crippen LogP contribution is -2.69. The lowest BCUT2D eigenvalue weighted by molar-refractivity contribution is -0.253. The Morgan fingerprint density at radius 2 is 1.83 bits per heavy atom. The van der Waals surface area contributed by atoms with Crippen LogP contribution in [0.2, 0.25) is 0 Å². The van der Waals surface area contributed by atoms with Crippen LogP contribution in [0.25, 0.3) is 0 Å². The second-order valence-corrected chi connectivity index (χ2v) is 18.7. The summed E-state index contributed by atoms with van der Waals surface area (Å²) >= 11 is 0. The number of fused-ring (bicyclic) bond motifs is 3. The minimum atomic E-state index is -0.621. The minimum absolute atomic E-state index is 0.113. The van der Waals surface area contributed by atoms with E-state index < -0.39 is 17.4 Å². The fourth-order valence-corrected chi connectivity index (χ4v) is 12.0. The summed E-state index contributed by atoms with van der Waals surface area (Å²) in [5.41, 5.74) is 6.61. The molecule has 1 aliphatic heterocycles. The molecule has 1 saturated heterocycles. The monoisotopic (exact) mass is 653 g/mol. The molecule has 0 amide bonds. The Kier molecular flexibility index (Phi) is 8.45. The zero-order valence-corrected chi connectivity index (χ0v) is 31.1. The minimum Gasteiger partial charge on any atom is -0.481 e. The number of nitrogens with zero attached hydrogens (tertiary/aromatic N) is 4. The van der Waals surface area contributed by atoms with Crippen molar-refractivity contribution in [3.05, 3.63) is 17.5 Å². The van der Waals surface area contributed by atoms with Crippen molar-refractivity contribution in [1.29, 1.82) is 0 Å². The van der Waals surface area contributed by atoms with Gasteiger partial charge in [0.1, 0.15) is 6.04 Å². The highest BCUT2D eigenvalue weighted by Gasteiger charge is 2.72. The van der Waals surface area contributed by atoms with Crippen molar-refractivity contribution in [3.63, 3.8) is 0 Å². The van der Waals surface area contributed by atoms with Crippen molar-refractivity contribution >= 4 is 5.97 Å². The lowest BCUT2D eigenvalue weighted by atomic mass is 9.34. The van der Waals surface area contributed by atoms with Gasteiger partial charge < -0.3 is 20.3 Å². The van der Waals surface area contributed by atoms with Crippen LogP contribution in [-0.4, -0.2) is 62.7 Å². The van der Waals surface area contributed by atoms with E-state index in [4.69, 9.17) is 20.3 Å². The van der Waals surface area contributed by atoms with E-state index in [-0.39, 0.29) is 45.1 Å². The summed E-state index contributed by atoms with van der Waals surface area (Å²) in [7, 11) is 0. The number of aliphatic carboxylic acids is 1. The average molecular weight is 654 g/mol. The molecule has 9 nitrogen and oxygen atoms in total. The Balaban J connectivity index is 1.44. The molecule has 1 aromatic heterocycles. The van der Waals surface area contributed by atoms with E-state index >= 15 is 0 Å². The maximum absolute atomic E-state index is 13.4. The molecule has 4 aliphatic carbocycles. The predicted molar refractivity (Wildman–Crippen MR) is 182 cm³/mol. The van der Waals surface area contributed by atoms with Crippen LogP contribution in [0.4, 0.5) is 0 Å². The van der Waals surface area contributed by atoms with Gasteiger partial charge in [0.2, 0.25) is 0 Å². The highest BCUT2D eigenvalue weighted by molar-refractivity contribution is 5.73. The van der Waals surface area contributed by atoms with E-state index in [0.717, 1.165) is 38.5 Å². The normalized spacial score (nSPS) is 45.0. The molecule has 2 heterocycles. The van der Waals surface area contributed by atoms with Crippen molar-refractivity contribution in [2.24, 2.45) is 68.3 Å². The zero-order valence-electron chi connectivity index (χ0n) is 31.1. The highest BCUT2D eigenvalue weighted by Crippen LogP contribution is 2.75. The molecule has 3 saturated carbocycles. The highest BCUT2D eigenvalue weighted by atomic mass is 16.5. The maximum atomic E-state index is 13.4. The number of hydrogen-bond donors (Lipinski definition) is 2. The van der Waals surface area contributed by atoms with E-state index in [2.05, 4.69) is 85.6 Å². The summed E-state index contributed by atoms with van der Waals surface area (Å²) in [6, 6.07) is -0.113. The van der Waals surface area contributed by atoms with Gasteiger partial charge in [0, 0.05) is 16.4 Å². The largest absolute Gasteiger partial charge is 0.481 e. The first kappa shape index (κ1) is 35.0. The van der Waals surface area contributed by atoms with E-state index in [0.29, 0.717) is 49.3 Å². The van der Waals surface area contributed by atoms with Gasteiger partial charge in [-0.2, -0.15) is 4.80 Å². The number of carboxylic acids is 1. The van der Waals surface area contributed by atoms with Gasteiger partial charge in [-0.25, -0.2) is 0 Å². The van der Waals surface area contributed by atoms with Gasteiger partial charge in [-0.1, -0.05) is 74.0 Å². The van der Waals surface area contributed by atoms with E-state index in [9.17, 15) is 9.90 Å². The molecule has 0 radical (unpaired) electrons. The lowest BCUT2D eigenvalue weighted by Gasteiger charge is -2.71. The molecule has 47 heavy (non-hydrogen) atoms. The molecule has 264 valence electrons. The summed E-state index contributed by atoms with van der Waals surface area (Å²) in [6.07, 6.45) is 8.06. The van der Waals surface area contributed by atoms with E-state index in [1.54, 1.807) is 0 Å². The molecule has 5 aliphatic rings. The maximum Gasteiger partial charge on any atom is 0.307 e. The topological polar surface area (TPSA) is 125 Å². The van der Waals surface area contributed by atoms with Gasteiger partial charge in [0.15, 0.2) is 5.82 Å². The number of hydrogen-bond acceptors (Lipinski definition) is 7. The summed E-state index contributed by atoms with van der Waals surface area (Å²) in [5, 5.41) is 24.7. The van der Waals surface area contributed by atoms with Crippen LogP contribution in [0.1, 0.15) is 120 Å². The number of carbonyl (C=O) groups is 1. The summed E-state index contributed by atoms with van der Waals surface area (Å²) in [4.78, 5) is 15.2. The summed E-state index contributed by atoms with van der Waals surface area (Å²) < 4.78 is 13.6. The van der Waals surface area contributed by atoms with E-state index in [1.165, 1.54) is 5.57 Å². The second kappa shape index (κ2) is 11.3. The number of nitrogens with two attached hydrogens (primary N) is 1. The molecule has 4 fully saturated rings. The van der Waals surface area contributed by atoms with E-state index in [1.807, 2.05) is 11.7 Å². The smallest absolute Gasteiger partial charge is 0.307 e. The first-order chi connectivity index (χ1) is 21.8. The molecule has 12 atom stereocenters. The summed E-state index contributed by atoms with van der Waals surface area (Å²) in [5.74, 6) is 1.32. The molecule has 2 unspecified atom stereocenters. The fraction of sp³-hybridized carbons (Fsp3) is 0.895.